The van der Waals surface area contributed by atoms with E-state index < -0.39 is 29.7 Å². The Hall–Kier alpha value is -2.33. The minimum Gasteiger partial charge on any atom is -0.455 e. The van der Waals surface area contributed by atoms with E-state index in [0.29, 0.717) is 0 Å². The number of amides is 1. The monoisotopic (exact) mass is 469 g/mol. The fourth-order valence-electron chi connectivity index (χ4n) is 2.27. The van der Waals surface area contributed by atoms with Crippen LogP contribution in [0.15, 0.2) is 37.2 Å². The molecule has 1 aromatic carbocycles. The van der Waals surface area contributed by atoms with Gasteiger partial charge in [-0.3, -0.25) is 23.5 Å². The van der Waals surface area contributed by atoms with Gasteiger partial charge in [0.2, 0.25) is 0 Å². The topological polar surface area (TPSA) is 99.4 Å². The molecule has 0 fully saturated rings. The molecule has 1 aromatic heterocycles. The fraction of sp³-hybridized carbons (Fsp3) is 0.333. The van der Waals surface area contributed by atoms with Gasteiger partial charge in [0.25, 0.3) is 11.5 Å². The SMILES string of the molecule is Cc1cc(SCC(=O)OCC(=O)Nc2cc(=O)n(C)c(=O)n2C)c(C)cc1Br. The number of rotatable bonds is 6. The van der Waals surface area contributed by atoms with Gasteiger partial charge in [-0.2, -0.15) is 0 Å². The van der Waals surface area contributed by atoms with Crippen molar-refractivity contribution in [3.8, 4) is 0 Å². The molecular weight excluding hydrogens is 450 g/mol. The normalized spacial score (nSPS) is 10.6. The molecule has 0 atom stereocenters. The zero-order valence-electron chi connectivity index (χ0n) is 15.9. The van der Waals surface area contributed by atoms with E-state index in [-0.39, 0.29) is 11.6 Å². The quantitative estimate of drug-likeness (QED) is 0.510. The minimum atomic E-state index is -0.641. The number of nitrogens with one attached hydrogen (secondary N) is 1. The summed E-state index contributed by atoms with van der Waals surface area (Å²) in [6.07, 6.45) is 0. The van der Waals surface area contributed by atoms with Gasteiger partial charge in [0.05, 0.1) is 5.75 Å². The van der Waals surface area contributed by atoms with Crippen LogP contribution in [0.25, 0.3) is 0 Å². The van der Waals surface area contributed by atoms with Crippen LogP contribution in [0.3, 0.4) is 0 Å². The first kappa shape index (κ1) is 22.0. The number of anilines is 1. The van der Waals surface area contributed by atoms with Crippen molar-refractivity contribution < 1.29 is 14.3 Å². The van der Waals surface area contributed by atoms with E-state index in [2.05, 4.69) is 21.2 Å². The van der Waals surface area contributed by atoms with E-state index in [1.807, 2.05) is 26.0 Å². The van der Waals surface area contributed by atoms with Crippen molar-refractivity contribution in [1.29, 1.82) is 0 Å². The van der Waals surface area contributed by atoms with Crippen LogP contribution in [0.4, 0.5) is 5.82 Å². The molecule has 0 aliphatic rings. The van der Waals surface area contributed by atoms with Crippen molar-refractivity contribution in [1.82, 2.24) is 9.13 Å². The Kier molecular flexibility index (Phi) is 7.25. The van der Waals surface area contributed by atoms with Gasteiger partial charge < -0.3 is 10.1 Å². The third kappa shape index (κ3) is 5.35. The van der Waals surface area contributed by atoms with Crippen molar-refractivity contribution in [2.45, 2.75) is 18.7 Å². The number of esters is 1. The average molecular weight is 470 g/mol. The van der Waals surface area contributed by atoms with Crippen LogP contribution in [-0.4, -0.2) is 33.4 Å². The summed E-state index contributed by atoms with van der Waals surface area (Å²) in [4.78, 5) is 48.3. The molecule has 0 bridgehead atoms. The third-order valence-electron chi connectivity index (χ3n) is 3.96. The maximum atomic E-state index is 12.0. The predicted molar refractivity (Wildman–Crippen MR) is 111 cm³/mol. The molecule has 10 heteroatoms. The van der Waals surface area contributed by atoms with Crippen LogP contribution in [0.5, 0.6) is 0 Å². The summed E-state index contributed by atoms with van der Waals surface area (Å²) in [5.41, 5.74) is 0.961. The number of halogens is 1. The lowest BCUT2D eigenvalue weighted by atomic mass is 10.2. The molecule has 28 heavy (non-hydrogen) atoms. The lowest BCUT2D eigenvalue weighted by Crippen LogP contribution is -2.38. The predicted octanol–water partition coefficient (Wildman–Crippen LogP) is 1.74. The second-order valence-corrected chi connectivity index (χ2v) is 8.00. The summed E-state index contributed by atoms with van der Waals surface area (Å²) in [6.45, 7) is 3.39. The Morgan fingerprint density at radius 3 is 2.46 bits per heavy atom. The summed E-state index contributed by atoms with van der Waals surface area (Å²) < 4.78 is 8.00. The second kappa shape index (κ2) is 9.24. The smallest absolute Gasteiger partial charge is 0.332 e. The minimum absolute atomic E-state index is 0.0319. The van der Waals surface area contributed by atoms with E-state index >= 15 is 0 Å². The number of benzene rings is 1. The molecule has 0 aliphatic carbocycles. The molecule has 8 nitrogen and oxygen atoms in total. The van der Waals surface area contributed by atoms with Crippen LogP contribution in [0, 0.1) is 13.8 Å². The first-order valence-electron chi connectivity index (χ1n) is 8.22. The zero-order valence-corrected chi connectivity index (χ0v) is 18.3. The Balaban J connectivity index is 1.90. The van der Waals surface area contributed by atoms with Crippen LogP contribution in [0.1, 0.15) is 11.1 Å². The fourth-order valence-corrected chi connectivity index (χ4v) is 3.63. The highest BCUT2D eigenvalue weighted by Crippen LogP contribution is 2.28. The number of hydrogen-bond acceptors (Lipinski definition) is 6. The number of hydrogen-bond donors (Lipinski definition) is 1. The molecule has 1 heterocycles. The van der Waals surface area contributed by atoms with E-state index in [4.69, 9.17) is 4.74 Å². The average Bonchev–Trinajstić information content (AvgIpc) is 2.64. The second-order valence-electron chi connectivity index (χ2n) is 6.13. The maximum Gasteiger partial charge on any atom is 0.332 e. The summed E-state index contributed by atoms with van der Waals surface area (Å²) >= 11 is 4.78. The summed E-state index contributed by atoms with van der Waals surface area (Å²) in [6, 6.07) is 5.07. The first-order valence-corrected chi connectivity index (χ1v) is 10.00. The van der Waals surface area contributed by atoms with Crippen LogP contribution < -0.4 is 16.6 Å². The zero-order chi connectivity index (χ0) is 21.0. The highest BCUT2D eigenvalue weighted by Gasteiger charge is 2.13. The van der Waals surface area contributed by atoms with Crippen molar-refractivity contribution >= 4 is 45.4 Å². The van der Waals surface area contributed by atoms with Crippen molar-refractivity contribution in [2.24, 2.45) is 14.1 Å². The Morgan fingerprint density at radius 2 is 1.79 bits per heavy atom. The van der Waals surface area contributed by atoms with Crippen LogP contribution in [-0.2, 0) is 28.4 Å². The molecule has 0 aliphatic heterocycles. The number of nitrogens with zero attached hydrogens (tertiary/aromatic N) is 2. The molecule has 0 radical (unpaired) electrons. The molecule has 150 valence electrons. The Bertz CT molecular complexity index is 1040. The number of aromatic nitrogens is 2. The van der Waals surface area contributed by atoms with Gasteiger partial charge in [-0.25, -0.2) is 4.79 Å². The Labute approximate surface area is 174 Å². The number of carbonyl (C=O) groups excluding carboxylic acids is 2. The lowest BCUT2D eigenvalue weighted by molar-refractivity contribution is -0.144. The van der Waals surface area contributed by atoms with Gasteiger partial charge in [0.1, 0.15) is 5.82 Å². The third-order valence-corrected chi connectivity index (χ3v) is 5.94. The van der Waals surface area contributed by atoms with E-state index in [1.165, 1.54) is 25.9 Å². The molecule has 2 rings (SSSR count). The Morgan fingerprint density at radius 1 is 1.11 bits per heavy atom. The summed E-state index contributed by atoms with van der Waals surface area (Å²) in [5, 5.41) is 2.39. The highest BCUT2D eigenvalue weighted by molar-refractivity contribution is 9.10. The first-order chi connectivity index (χ1) is 13.1. The molecule has 0 unspecified atom stereocenters. The van der Waals surface area contributed by atoms with Crippen molar-refractivity contribution in [3.05, 3.63) is 54.6 Å². The molecule has 1 N–H and O–H groups in total. The van der Waals surface area contributed by atoms with Crippen LogP contribution >= 0.6 is 27.7 Å². The molecule has 0 saturated carbocycles. The molecular formula is C18H20BrN3O5S. The van der Waals surface area contributed by atoms with Crippen LogP contribution in [0.2, 0.25) is 0 Å². The number of aryl methyl sites for hydroxylation is 2. The molecule has 2 aromatic rings. The van der Waals surface area contributed by atoms with Crippen molar-refractivity contribution in [2.75, 3.05) is 17.7 Å². The van der Waals surface area contributed by atoms with E-state index in [0.717, 1.165) is 35.7 Å². The number of carbonyl (C=O) groups is 2. The standard InChI is InChI=1S/C18H20BrN3O5S/c1-10-6-13(11(2)5-12(10)19)28-9-17(25)27-8-15(23)20-14-7-16(24)22(4)18(26)21(14)3/h5-7H,8-9H2,1-4H3,(H,20,23). The van der Waals surface area contributed by atoms with Gasteiger partial charge >= 0.3 is 11.7 Å². The van der Waals surface area contributed by atoms with Gasteiger partial charge in [0.15, 0.2) is 6.61 Å². The number of ether oxygens (including phenoxy) is 1. The van der Waals surface area contributed by atoms with Gasteiger partial charge in [-0.1, -0.05) is 15.9 Å². The largest absolute Gasteiger partial charge is 0.455 e. The van der Waals surface area contributed by atoms with Gasteiger partial charge in [0, 0.05) is 29.5 Å². The summed E-state index contributed by atoms with van der Waals surface area (Å²) in [7, 11) is 2.76. The summed E-state index contributed by atoms with van der Waals surface area (Å²) in [5.74, 6) is -1.10. The highest BCUT2D eigenvalue weighted by atomic mass is 79.9. The van der Waals surface area contributed by atoms with E-state index in [1.54, 1.807) is 0 Å². The number of thioether (sulfide) groups is 1. The van der Waals surface area contributed by atoms with Crippen molar-refractivity contribution in [3.63, 3.8) is 0 Å². The van der Waals surface area contributed by atoms with Gasteiger partial charge in [-0.05, 0) is 37.1 Å². The van der Waals surface area contributed by atoms with Gasteiger partial charge in [-0.15, -0.1) is 11.8 Å². The lowest BCUT2D eigenvalue weighted by Gasteiger charge is -2.11. The maximum absolute atomic E-state index is 12.0. The molecule has 0 saturated heterocycles. The van der Waals surface area contributed by atoms with E-state index in [9.17, 15) is 19.2 Å². The molecule has 0 spiro atoms. The molecule has 1 amide bonds.